The second-order valence-corrected chi connectivity index (χ2v) is 4.37. The number of aromatic nitrogens is 3. The van der Waals surface area contributed by atoms with Gasteiger partial charge in [0.15, 0.2) is 0 Å². The van der Waals surface area contributed by atoms with Gasteiger partial charge in [0, 0.05) is 35.1 Å². The molecule has 6 heteroatoms. The van der Waals surface area contributed by atoms with Gasteiger partial charge in [-0.2, -0.15) is 5.10 Å². The SMILES string of the molecule is Clc1cccc(Cl)c1CNCCc1ncn[nH]1. The van der Waals surface area contributed by atoms with E-state index in [4.69, 9.17) is 23.2 Å². The van der Waals surface area contributed by atoms with Crippen LogP contribution in [0.3, 0.4) is 0 Å². The summed E-state index contributed by atoms with van der Waals surface area (Å²) in [4.78, 5) is 4.04. The lowest BCUT2D eigenvalue weighted by molar-refractivity contribution is 0.672. The van der Waals surface area contributed by atoms with Crippen LogP contribution in [0.15, 0.2) is 24.5 Å². The van der Waals surface area contributed by atoms with Crippen molar-refractivity contribution in [2.45, 2.75) is 13.0 Å². The van der Waals surface area contributed by atoms with E-state index in [1.165, 1.54) is 6.33 Å². The van der Waals surface area contributed by atoms with Crippen LogP contribution in [0.2, 0.25) is 10.0 Å². The van der Waals surface area contributed by atoms with Crippen molar-refractivity contribution < 1.29 is 0 Å². The van der Waals surface area contributed by atoms with Gasteiger partial charge in [-0.05, 0) is 12.1 Å². The molecule has 0 bridgehead atoms. The molecular weight excluding hydrogens is 259 g/mol. The lowest BCUT2D eigenvalue weighted by Crippen LogP contribution is -2.17. The van der Waals surface area contributed by atoms with Crippen LogP contribution in [0.1, 0.15) is 11.4 Å². The number of nitrogens with zero attached hydrogens (tertiary/aromatic N) is 2. The molecule has 90 valence electrons. The minimum absolute atomic E-state index is 0.645. The number of H-pyrrole nitrogens is 1. The Labute approximate surface area is 109 Å². The van der Waals surface area contributed by atoms with Crippen molar-refractivity contribution >= 4 is 23.2 Å². The van der Waals surface area contributed by atoms with E-state index in [2.05, 4.69) is 20.5 Å². The van der Waals surface area contributed by atoms with Crippen molar-refractivity contribution in [3.63, 3.8) is 0 Å². The minimum atomic E-state index is 0.645. The molecular formula is C11H12Cl2N4. The molecule has 0 saturated heterocycles. The zero-order chi connectivity index (χ0) is 12.1. The minimum Gasteiger partial charge on any atom is -0.312 e. The lowest BCUT2D eigenvalue weighted by atomic mass is 10.2. The molecule has 0 spiro atoms. The summed E-state index contributed by atoms with van der Waals surface area (Å²) in [6.45, 7) is 1.43. The molecule has 1 aromatic heterocycles. The van der Waals surface area contributed by atoms with Gasteiger partial charge in [0.2, 0.25) is 0 Å². The first-order valence-corrected chi connectivity index (χ1v) is 6.01. The number of hydrogen-bond donors (Lipinski definition) is 2. The Hall–Kier alpha value is -1.10. The number of hydrogen-bond acceptors (Lipinski definition) is 3. The Morgan fingerprint density at radius 2 is 2.00 bits per heavy atom. The van der Waals surface area contributed by atoms with E-state index in [1.807, 2.05) is 18.2 Å². The standard InChI is InChI=1S/C11H12Cl2N4/c12-9-2-1-3-10(13)8(9)6-14-5-4-11-15-7-16-17-11/h1-3,7,14H,4-6H2,(H,15,16,17). The summed E-state index contributed by atoms with van der Waals surface area (Å²) in [6.07, 6.45) is 2.29. The molecule has 2 N–H and O–H groups in total. The molecule has 0 aliphatic carbocycles. The summed E-state index contributed by atoms with van der Waals surface area (Å²) >= 11 is 12.1. The van der Waals surface area contributed by atoms with E-state index in [0.717, 1.165) is 24.4 Å². The monoisotopic (exact) mass is 270 g/mol. The van der Waals surface area contributed by atoms with Crippen molar-refractivity contribution in [3.05, 3.63) is 46.0 Å². The predicted octanol–water partition coefficient (Wildman–Crippen LogP) is 2.44. The van der Waals surface area contributed by atoms with Gasteiger partial charge in [-0.3, -0.25) is 5.10 Å². The van der Waals surface area contributed by atoms with Gasteiger partial charge in [-0.15, -0.1) is 0 Å². The molecule has 0 saturated carbocycles. The third-order valence-corrected chi connectivity index (χ3v) is 3.08. The quantitative estimate of drug-likeness (QED) is 0.821. The average Bonchev–Trinajstić information content (AvgIpc) is 2.80. The first kappa shape index (κ1) is 12.4. The van der Waals surface area contributed by atoms with Crippen LogP contribution in [0.4, 0.5) is 0 Å². The highest BCUT2D eigenvalue weighted by Gasteiger charge is 2.04. The van der Waals surface area contributed by atoms with Crippen LogP contribution in [-0.4, -0.2) is 21.7 Å². The van der Waals surface area contributed by atoms with Gasteiger partial charge in [0.25, 0.3) is 0 Å². The van der Waals surface area contributed by atoms with Crippen molar-refractivity contribution in [2.24, 2.45) is 0 Å². The Balaban J connectivity index is 1.82. The molecule has 4 nitrogen and oxygen atoms in total. The molecule has 0 aliphatic rings. The van der Waals surface area contributed by atoms with Crippen LogP contribution in [0.25, 0.3) is 0 Å². The van der Waals surface area contributed by atoms with E-state index in [1.54, 1.807) is 0 Å². The molecule has 17 heavy (non-hydrogen) atoms. The maximum absolute atomic E-state index is 6.06. The summed E-state index contributed by atoms with van der Waals surface area (Å²) in [5.74, 6) is 0.864. The Morgan fingerprint density at radius 1 is 1.24 bits per heavy atom. The largest absolute Gasteiger partial charge is 0.312 e. The molecule has 0 unspecified atom stereocenters. The fourth-order valence-corrected chi connectivity index (χ4v) is 2.00. The molecule has 2 rings (SSSR count). The normalized spacial score (nSPS) is 10.7. The molecule has 1 aromatic carbocycles. The van der Waals surface area contributed by atoms with Gasteiger partial charge in [0.05, 0.1) is 0 Å². The van der Waals surface area contributed by atoms with E-state index in [0.29, 0.717) is 16.6 Å². The molecule has 1 heterocycles. The van der Waals surface area contributed by atoms with Crippen molar-refractivity contribution in [1.82, 2.24) is 20.5 Å². The highest BCUT2D eigenvalue weighted by Crippen LogP contribution is 2.23. The van der Waals surface area contributed by atoms with E-state index < -0.39 is 0 Å². The van der Waals surface area contributed by atoms with Gasteiger partial charge < -0.3 is 5.32 Å². The predicted molar refractivity (Wildman–Crippen MR) is 68.3 cm³/mol. The molecule has 0 amide bonds. The maximum atomic E-state index is 6.06. The summed E-state index contributed by atoms with van der Waals surface area (Å²) in [5, 5.41) is 11.2. The third-order valence-electron chi connectivity index (χ3n) is 2.37. The number of aromatic amines is 1. The summed E-state index contributed by atoms with van der Waals surface area (Å²) in [5.41, 5.74) is 0.924. The van der Waals surface area contributed by atoms with Crippen molar-refractivity contribution in [3.8, 4) is 0 Å². The van der Waals surface area contributed by atoms with E-state index in [9.17, 15) is 0 Å². The number of nitrogens with one attached hydrogen (secondary N) is 2. The Kier molecular flexibility index (Phi) is 4.36. The third kappa shape index (κ3) is 3.43. The molecule has 0 radical (unpaired) electrons. The first-order chi connectivity index (χ1) is 8.27. The Morgan fingerprint density at radius 3 is 2.65 bits per heavy atom. The molecule has 0 atom stereocenters. The number of halogens is 2. The average molecular weight is 271 g/mol. The highest BCUT2D eigenvalue weighted by molar-refractivity contribution is 6.35. The highest BCUT2D eigenvalue weighted by atomic mass is 35.5. The molecule has 0 aliphatic heterocycles. The summed E-state index contributed by atoms with van der Waals surface area (Å²) in [6, 6.07) is 5.50. The van der Waals surface area contributed by atoms with Crippen LogP contribution in [0.5, 0.6) is 0 Å². The van der Waals surface area contributed by atoms with Crippen LogP contribution in [0, 0.1) is 0 Å². The van der Waals surface area contributed by atoms with Crippen LogP contribution >= 0.6 is 23.2 Å². The van der Waals surface area contributed by atoms with Crippen molar-refractivity contribution in [2.75, 3.05) is 6.54 Å². The topological polar surface area (TPSA) is 53.6 Å². The second-order valence-electron chi connectivity index (χ2n) is 3.56. The smallest absolute Gasteiger partial charge is 0.137 e. The molecule has 0 fully saturated rings. The second kappa shape index (κ2) is 6.00. The van der Waals surface area contributed by atoms with Gasteiger partial charge in [-0.25, -0.2) is 4.98 Å². The first-order valence-electron chi connectivity index (χ1n) is 5.25. The van der Waals surface area contributed by atoms with Gasteiger partial charge in [-0.1, -0.05) is 29.3 Å². The fraction of sp³-hybridized carbons (Fsp3) is 0.273. The number of benzene rings is 1. The van der Waals surface area contributed by atoms with Crippen LogP contribution < -0.4 is 5.32 Å². The zero-order valence-corrected chi connectivity index (χ0v) is 10.6. The summed E-state index contributed by atoms with van der Waals surface area (Å²) in [7, 11) is 0. The fourth-order valence-electron chi connectivity index (χ4n) is 1.47. The van der Waals surface area contributed by atoms with Gasteiger partial charge >= 0.3 is 0 Å². The zero-order valence-electron chi connectivity index (χ0n) is 9.08. The number of rotatable bonds is 5. The van der Waals surface area contributed by atoms with E-state index >= 15 is 0 Å². The van der Waals surface area contributed by atoms with Crippen molar-refractivity contribution in [1.29, 1.82) is 0 Å². The Bertz CT molecular complexity index is 450. The summed E-state index contributed by atoms with van der Waals surface area (Å²) < 4.78 is 0. The van der Waals surface area contributed by atoms with Gasteiger partial charge in [0.1, 0.15) is 12.2 Å². The maximum Gasteiger partial charge on any atom is 0.137 e. The van der Waals surface area contributed by atoms with E-state index in [-0.39, 0.29) is 0 Å². The lowest BCUT2D eigenvalue weighted by Gasteiger charge is -2.07. The van der Waals surface area contributed by atoms with Crippen LogP contribution in [-0.2, 0) is 13.0 Å². The molecule has 2 aromatic rings.